The molecule has 0 aliphatic carbocycles. The van der Waals surface area contributed by atoms with Gasteiger partial charge in [0.25, 0.3) is 5.56 Å². The molecule has 0 bridgehead atoms. The van der Waals surface area contributed by atoms with Gasteiger partial charge in [-0.2, -0.15) is 4.52 Å². The zero-order chi connectivity index (χ0) is 22.7. The van der Waals surface area contributed by atoms with Gasteiger partial charge in [-0.1, -0.05) is 23.5 Å². The fourth-order valence-electron chi connectivity index (χ4n) is 3.47. The maximum Gasteiger partial charge on any atom is 0.291 e. The molecule has 0 atom stereocenters. The van der Waals surface area contributed by atoms with Crippen molar-refractivity contribution in [2.75, 3.05) is 28.4 Å². The quantitative estimate of drug-likeness (QED) is 0.405. The molecule has 8 nitrogen and oxygen atoms in total. The summed E-state index contributed by atoms with van der Waals surface area (Å²) < 4.78 is 23.4. The summed E-state index contributed by atoms with van der Waals surface area (Å²) in [6, 6.07) is 11.2. The number of thiazole rings is 1. The van der Waals surface area contributed by atoms with Crippen molar-refractivity contribution in [1.82, 2.24) is 14.6 Å². The highest BCUT2D eigenvalue weighted by Crippen LogP contribution is 2.31. The molecule has 0 saturated heterocycles. The molecule has 0 fully saturated rings. The van der Waals surface area contributed by atoms with Crippen molar-refractivity contribution in [2.24, 2.45) is 0 Å². The normalized spacial score (nSPS) is 11.7. The van der Waals surface area contributed by atoms with E-state index in [1.165, 1.54) is 15.9 Å². The van der Waals surface area contributed by atoms with Gasteiger partial charge in [0.2, 0.25) is 4.96 Å². The summed E-state index contributed by atoms with van der Waals surface area (Å²) in [6.45, 7) is 0. The van der Waals surface area contributed by atoms with Crippen molar-refractivity contribution in [1.29, 1.82) is 0 Å². The lowest BCUT2D eigenvalue weighted by Crippen LogP contribution is -2.24. The van der Waals surface area contributed by atoms with Crippen molar-refractivity contribution < 1.29 is 18.9 Å². The zero-order valence-corrected chi connectivity index (χ0v) is 19.1. The lowest BCUT2D eigenvalue weighted by molar-refractivity contribution is 0.354. The number of para-hydroxylation sites is 1. The summed E-state index contributed by atoms with van der Waals surface area (Å²) in [5.74, 6) is 3.31. The van der Waals surface area contributed by atoms with E-state index in [-0.39, 0.29) is 5.56 Å². The first-order valence-corrected chi connectivity index (χ1v) is 10.7. The van der Waals surface area contributed by atoms with Gasteiger partial charge >= 0.3 is 0 Å². The monoisotopic (exact) mass is 453 g/mol. The summed E-state index contributed by atoms with van der Waals surface area (Å²) in [6.07, 6.45) is 3.00. The van der Waals surface area contributed by atoms with Crippen molar-refractivity contribution >= 4 is 22.4 Å². The minimum atomic E-state index is -0.215. The summed E-state index contributed by atoms with van der Waals surface area (Å²) in [5.41, 5.74) is 1.53. The highest BCUT2D eigenvalue weighted by Gasteiger charge is 2.14. The lowest BCUT2D eigenvalue weighted by atomic mass is 10.1. The van der Waals surface area contributed by atoms with E-state index in [2.05, 4.69) is 10.1 Å². The molecule has 2 heterocycles. The summed E-state index contributed by atoms with van der Waals surface area (Å²) in [7, 11) is 6.41. The third kappa shape index (κ3) is 4.11. The van der Waals surface area contributed by atoms with Crippen LogP contribution in [0.4, 0.5) is 0 Å². The van der Waals surface area contributed by atoms with Crippen LogP contribution in [0, 0.1) is 0 Å². The Balaban J connectivity index is 1.62. The number of benzene rings is 2. The molecule has 0 spiro atoms. The van der Waals surface area contributed by atoms with Gasteiger partial charge in [-0.05, 0) is 42.3 Å². The SMILES string of the molecule is COc1ccc(OC)c(CCc2nc3s/c(=C\c4cccc(OC)c4OC)c(=O)n3n2)c1. The average molecular weight is 454 g/mol. The van der Waals surface area contributed by atoms with E-state index < -0.39 is 0 Å². The van der Waals surface area contributed by atoms with Gasteiger partial charge in [-0.3, -0.25) is 4.79 Å². The molecule has 32 heavy (non-hydrogen) atoms. The molecule has 0 N–H and O–H groups in total. The Labute approximate surface area is 188 Å². The van der Waals surface area contributed by atoms with E-state index in [9.17, 15) is 4.79 Å². The first kappa shape index (κ1) is 21.6. The topological polar surface area (TPSA) is 84.2 Å². The van der Waals surface area contributed by atoms with Crippen LogP contribution < -0.4 is 29.0 Å². The number of ether oxygens (including phenoxy) is 4. The molecule has 0 aliphatic rings. The Bertz CT molecular complexity index is 1360. The Morgan fingerprint density at radius 2 is 1.78 bits per heavy atom. The molecular weight excluding hydrogens is 430 g/mol. The van der Waals surface area contributed by atoms with E-state index >= 15 is 0 Å². The number of fused-ring (bicyclic) bond motifs is 1. The highest BCUT2D eigenvalue weighted by molar-refractivity contribution is 7.15. The summed E-state index contributed by atoms with van der Waals surface area (Å²) >= 11 is 1.29. The highest BCUT2D eigenvalue weighted by atomic mass is 32.1. The number of nitrogens with zero attached hydrogens (tertiary/aromatic N) is 3. The summed E-state index contributed by atoms with van der Waals surface area (Å²) in [5, 5.41) is 4.42. The van der Waals surface area contributed by atoms with Crippen LogP contribution in [0.15, 0.2) is 41.2 Å². The van der Waals surface area contributed by atoms with E-state index in [0.717, 1.165) is 22.6 Å². The molecule has 9 heteroatoms. The fraction of sp³-hybridized carbons (Fsp3) is 0.261. The molecule has 0 aliphatic heterocycles. The van der Waals surface area contributed by atoms with Gasteiger partial charge in [-0.15, -0.1) is 5.10 Å². The lowest BCUT2D eigenvalue weighted by Gasteiger charge is -2.09. The average Bonchev–Trinajstić information content (AvgIpc) is 3.35. The molecular formula is C23H23N3O5S. The predicted octanol–water partition coefficient (Wildman–Crippen LogP) is 2.52. The van der Waals surface area contributed by atoms with Crippen LogP contribution in [0.5, 0.6) is 23.0 Å². The van der Waals surface area contributed by atoms with Crippen molar-refractivity contribution in [3.05, 3.63) is 68.2 Å². The number of aryl methyl sites for hydroxylation is 2. The maximum absolute atomic E-state index is 12.9. The molecule has 0 unspecified atom stereocenters. The minimum Gasteiger partial charge on any atom is -0.497 e. The summed E-state index contributed by atoms with van der Waals surface area (Å²) in [4.78, 5) is 18.0. The Morgan fingerprint density at radius 1 is 0.969 bits per heavy atom. The van der Waals surface area contributed by atoms with Crippen molar-refractivity contribution in [3.63, 3.8) is 0 Å². The second-order valence-corrected chi connectivity index (χ2v) is 7.91. The number of rotatable bonds is 8. The van der Waals surface area contributed by atoms with Crippen LogP contribution in [0.1, 0.15) is 17.0 Å². The predicted molar refractivity (Wildman–Crippen MR) is 122 cm³/mol. The molecule has 4 rings (SSSR count). The third-order valence-electron chi connectivity index (χ3n) is 5.05. The largest absolute Gasteiger partial charge is 0.497 e. The third-order valence-corrected chi connectivity index (χ3v) is 6.01. The maximum atomic E-state index is 12.9. The van der Waals surface area contributed by atoms with Gasteiger partial charge in [0.1, 0.15) is 11.5 Å². The van der Waals surface area contributed by atoms with Crippen LogP contribution in [0.25, 0.3) is 11.0 Å². The van der Waals surface area contributed by atoms with E-state index in [1.807, 2.05) is 30.3 Å². The molecule has 4 aromatic rings. The zero-order valence-electron chi connectivity index (χ0n) is 18.2. The van der Waals surface area contributed by atoms with Crippen molar-refractivity contribution in [2.45, 2.75) is 12.8 Å². The molecule has 0 radical (unpaired) electrons. The van der Waals surface area contributed by atoms with Crippen LogP contribution in [0.2, 0.25) is 0 Å². The van der Waals surface area contributed by atoms with Crippen LogP contribution in [0.3, 0.4) is 0 Å². The Kier molecular flexibility index (Phi) is 6.27. The van der Waals surface area contributed by atoms with E-state index in [1.54, 1.807) is 40.6 Å². The van der Waals surface area contributed by atoms with Crippen LogP contribution in [-0.2, 0) is 12.8 Å². The molecule has 0 amide bonds. The Morgan fingerprint density at radius 3 is 2.47 bits per heavy atom. The molecule has 166 valence electrons. The molecule has 2 aromatic carbocycles. The second-order valence-electron chi connectivity index (χ2n) is 6.90. The number of aromatic nitrogens is 3. The van der Waals surface area contributed by atoms with Gasteiger partial charge in [0, 0.05) is 12.0 Å². The van der Waals surface area contributed by atoms with Gasteiger partial charge < -0.3 is 18.9 Å². The van der Waals surface area contributed by atoms with Gasteiger partial charge in [0.15, 0.2) is 17.3 Å². The standard InChI is InChI=1S/C23H23N3O5S/c1-28-16-9-10-17(29-2)14(12-16)8-11-20-24-23-26(25-20)22(27)19(32-23)13-15-6-5-7-18(30-3)21(15)31-4/h5-7,9-10,12-13H,8,11H2,1-4H3/b19-13-. The van der Waals surface area contributed by atoms with Crippen LogP contribution in [-0.4, -0.2) is 43.0 Å². The first-order chi connectivity index (χ1) is 15.6. The molecule has 0 saturated carbocycles. The minimum absolute atomic E-state index is 0.215. The fourth-order valence-corrected chi connectivity index (χ4v) is 4.39. The van der Waals surface area contributed by atoms with Crippen LogP contribution >= 0.6 is 11.3 Å². The van der Waals surface area contributed by atoms with Gasteiger partial charge in [-0.25, -0.2) is 4.98 Å². The van der Waals surface area contributed by atoms with Crippen molar-refractivity contribution in [3.8, 4) is 23.0 Å². The van der Waals surface area contributed by atoms with E-state index in [0.29, 0.717) is 39.7 Å². The number of methoxy groups -OCH3 is 4. The second kappa shape index (κ2) is 9.27. The number of hydrogen-bond acceptors (Lipinski definition) is 8. The Hall–Kier alpha value is -3.59. The van der Waals surface area contributed by atoms with Gasteiger partial charge in [0.05, 0.1) is 33.0 Å². The number of hydrogen-bond donors (Lipinski definition) is 0. The van der Waals surface area contributed by atoms with E-state index in [4.69, 9.17) is 18.9 Å². The molecule has 2 aromatic heterocycles. The smallest absolute Gasteiger partial charge is 0.291 e. The first-order valence-electron chi connectivity index (χ1n) is 9.90.